The molecule has 2 heterocycles. The van der Waals surface area contributed by atoms with Gasteiger partial charge < -0.3 is 5.32 Å². The highest BCUT2D eigenvalue weighted by molar-refractivity contribution is 5.94. The van der Waals surface area contributed by atoms with E-state index in [1.807, 2.05) is 13.0 Å². The largest absolute Gasteiger partial charge is 0.416 e. The Labute approximate surface area is 216 Å². The number of fused-ring (bicyclic) bond motifs is 1. The Hall–Kier alpha value is -2.74. The molecule has 1 aliphatic carbocycles. The van der Waals surface area contributed by atoms with Gasteiger partial charge in [0.15, 0.2) is 0 Å². The van der Waals surface area contributed by atoms with Gasteiger partial charge in [0.2, 0.25) is 0 Å². The predicted molar refractivity (Wildman–Crippen MR) is 136 cm³/mol. The number of hydrogen-bond acceptors (Lipinski definition) is 4. The number of aromatic nitrogens is 1. The van der Waals surface area contributed by atoms with Gasteiger partial charge in [0.05, 0.1) is 22.9 Å². The summed E-state index contributed by atoms with van der Waals surface area (Å²) in [5.41, 5.74) is 2.59. The van der Waals surface area contributed by atoms with E-state index in [1.54, 1.807) is 6.20 Å². The maximum absolute atomic E-state index is 12.9. The van der Waals surface area contributed by atoms with Crippen LogP contribution in [0.15, 0.2) is 36.5 Å². The van der Waals surface area contributed by atoms with Crippen molar-refractivity contribution in [3.8, 4) is 0 Å². The minimum Gasteiger partial charge on any atom is -0.352 e. The molecular formula is C29H36F3N3O2. The Kier molecular flexibility index (Phi) is 8.36. The maximum Gasteiger partial charge on any atom is 0.416 e. The van der Waals surface area contributed by atoms with Crippen LogP contribution >= 0.6 is 0 Å². The summed E-state index contributed by atoms with van der Waals surface area (Å²) in [6.45, 7) is 7.80. The highest BCUT2D eigenvalue weighted by Gasteiger charge is 2.35. The quantitative estimate of drug-likeness (QED) is 0.446. The van der Waals surface area contributed by atoms with Crippen molar-refractivity contribution in [2.75, 3.05) is 6.54 Å². The minimum absolute atomic E-state index is 0.0235. The summed E-state index contributed by atoms with van der Waals surface area (Å²) >= 11 is 0. The smallest absolute Gasteiger partial charge is 0.352 e. The summed E-state index contributed by atoms with van der Waals surface area (Å²) in [5, 5.41) is 3.05. The molecule has 2 aromatic rings. The number of benzene rings is 1. The standard InChI is InChI=1S/C29H36F3N3O2/c1-4-25(36)21-9-5-19(6-10-21)14-34-28(37)22-13-23-17-35(27(18(2)3)26(23)33-15-22)16-20-7-11-24(12-8-20)29(30,31)32/h7-8,11-13,15,18-19,21,27H,4-6,9-10,14,16-17H2,1-3H3,(H,34,37)/t19-,21-,27-/m0/s1. The number of carbonyl (C=O) groups excluding carboxylic acids is 2. The molecule has 0 unspecified atom stereocenters. The third kappa shape index (κ3) is 6.40. The van der Waals surface area contributed by atoms with Gasteiger partial charge in [-0.3, -0.25) is 19.5 Å². The first-order valence-corrected chi connectivity index (χ1v) is 13.3. The molecule has 1 aromatic heterocycles. The molecule has 37 heavy (non-hydrogen) atoms. The third-order valence-corrected chi connectivity index (χ3v) is 7.81. The van der Waals surface area contributed by atoms with E-state index in [-0.39, 0.29) is 23.8 Å². The van der Waals surface area contributed by atoms with Gasteiger partial charge in [0.1, 0.15) is 5.78 Å². The molecule has 1 amide bonds. The van der Waals surface area contributed by atoms with Gasteiger partial charge in [-0.15, -0.1) is 0 Å². The van der Waals surface area contributed by atoms with Crippen molar-refractivity contribution in [3.63, 3.8) is 0 Å². The van der Waals surface area contributed by atoms with E-state index in [0.717, 1.165) is 54.6 Å². The molecule has 8 heteroatoms. The Morgan fingerprint density at radius 2 is 1.78 bits per heavy atom. The molecule has 1 N–H and O–H groups in total. The molecule has 0 radical (unpaired) electrons. The van der Waals surface area contributed by atoms with Gasteiger partial charge in [0, 0.05) is 38.2 Å². The van der Waals surface area contributed by atoms with E-state index in [4.69, 9.17) is 0 Å². The first-order valence-electron chi connectivity index (χ1n) is 13.3. The molecule has 0 spiro atoms. The molecule has 2 aliphatic rings. The van der Waals surface area contributed by atoms with Crippen molar-refractivity contribution in [3.05, 3.63) is 64.5 Å². The monoisotopic (exact) mass is 515 g/mol. The van der Waals surface area contributed by atoms with Crippen LogP contribution in [-0.4, -0.2) is 28.1 Å². The van der Waals surface area contributed by atoms with Crippen LogP contribution < -0.4 is 5.32 Å². The average Bonchev–Trinajstić information content (AvgIpc) is 3.24. The van der Waals surface area contributed by atoms with Crippen LogP contribution in [0.25, 0.3) is 0 Å². The van der Waals surface area contributed by atoms with E-state index in [9.17, 15) is 22.8 Å². The molecule has 1 fully saturated rings. The predicted octanol–water partition coefficient (Wildman–Crippen LogP) is 6.33. The van der Waals surface area contributed by atoms with Gasteiger partial charge in [-0.05, 0) is 66.8 Å². The van der Waals surface area contributed by atoms with Gasteiger partial charge in [-0.2, -0.15) is 13.2 Å². The Balaban J connectivity index is 1.38. The van der Waals surface area contributed by atoms with Crippen molar-refractivity contribution in [1.29, 1.82) is 0 Å². The number of halogens is 3. The van der Waals surface area contributed by atoms with Crippen molar-refractivity contribution in [2.24, 2.45) is 17.8 Å². The van der Waals surface area contributed by atoms with Crippen LogP contribution in [0.2, 0.25) is 0 Å². The van der Waals surface area contributed by atoms with E-state index in [2.05, 4.69) is 29.0 Å². The fourth-order valence-corrected chi connectivity index (χ4v) is 5.77. The first-order chi connectivity index (χ1) is 17.6. The number of carbonyl (C=O) groups is 2. The molecule has 0 bridgehead atoms. The van der Waals surface area contributed by atoms with Crippen LogP contribution in [0.4, 0.5) is 13.2 Å². The van der Waals surface area contributed by atoms with Gasteiger partial charge >= 0.3 is 6.18 Å². The zero-order valence-corrected chi connectivity index (χ0v) is 21.8. The summed E-state index contributed by atoms with van der Waals surface area (Å²) in [7, 11) is 0. The molecule has 1 aromatic carbocycles. The zero-order chi connectivity index (χ0) is 26.7. The van der Waals surface area contributed by atoms with E-state index >= 15 is 0 Å². The lowest BCUT2D eigenvalue weighted by atomic mass is 9.79. The fraction of sp³-hybridized carbons (Fsp3) is 0.552. The summed E-state index contributed by atoms with van der Waals surface area (Å²) in [6, 6.07) is 7.23. The lowest BCUT2D eigenvalue weighted by Crippen LogP contribution is -2.32. The summed E-state index contributed by atoms with van der Waals surface area (Å²) < 4.78 is 38.8. The molecule has 5 nitrogen and oxygen atoms in total. The second kappa shape index (κ2) is 11.3. The second-order valence-corrected chi connectivity index (χ2v) is 10.8. The highest BCUT2D eigenvalue weighted by atomic mass is 19.4. The van der Waals surface area contributed by atoms with Crippen molar-refractivity contribution in [1.82, 2.24) is 15.2 Å². The number of amides is 1. The van der Waals surface area contributed by atoms with E-state index in [0.29, 0.717) is 43.3 Å². The van der Waals surface area contributed by atoms with Crippen molar-refractivity contribution >= 4 is 11.7 Å². The Bertz CT molecular complexity index is 1110. The normalized spacial score (nSPS) is 22.2. The molecular weight excluding hydrogens is 479 g/mol. The second-order valence-electron chi connectivity index (χ2n) is 10.8. The summed E-state index contributed by atoms with van der Waals surface area (Å²) in [6.07, 6.45) is 1.58. The number of Topliss-reactive ketones (excluding diaryl/α,β-unsaturated/α-hetero) is 1. The number of hydrogen-bond donors (Lipinski definition) is 1. The van der Waals surface area contributed by atoms with E-state index in [1.165, 1.54) is 12.1 Å². The molecule has 200 valence electrons. The molecule has 0 saturated heterocycles. The van der Waals surface area contributed by atoms with Gasteiger partial charge in [-0.25, -0.2) is 0 Å². The molecule has 4 rings (SSSR count). The Morgan fingerprint density at radius 1 is 1.11 bits per heavy atom. The van der Waals surface area contributed by atoms with Gasteiger partial charge in [0.25, 0.3) is 5.91 Å². The fourth-order valence-electron chi connectivity index (χ4n) is 5.77. The molecule has 1 atom stereocenters. The number of alkyl halides is 3. The maximum atomic E-state index is 12.9. The Morgan fingerprint density at radius 3 is 2.38 bits per heavy atom. The lowest BCUT2D eigenvalue weighted by Gasteiger charge is -2.27. The highest BCUT2D eigenvalue weighted by Crippen LogP contribution is 2.39. The number of ketones is 1. The first kappa shape index (κ1) is 27.3. The van der Waals surface area contributed by atoms with Crippen LogP contribution in [-0.2, 0) is 24.1 Å². The van der Waals surface area contributed by atoms with Gasteiger partial charge in [-0.1, -0.05) is 32.9 Å². The zero-order valence-electron chi connectivity index (χ0n) is 21.8. The lowest BCUT2D eigenvalue weighted by molar-refractivity contribution is -0.137. The third-order valence-electron chi connectivity index (χ3n) is 7.81. The number of nitrogens with zero attached hydrogens (tertiary/aromatic N) is 2. The number of pyridine rings is 1. The summed E-state index contributed by atoms with van der Waals surface area (Å²) in [4.78, 5) is 31.7. The van der Waals surface area contributed by atoms with Crippen LogP contribution in [0.5, 0.6) is 0 Å². The average molecular weight is 516 g/mol. The minimum atomic E-state index is -4.35. The van der Waals surface area contributed by atoms with Crippen LogP contribution in [0, 0.1) is 17.8 Å². The number of rotatable bonds is 8. The van der Waals surface area contributed by atoms with Crippen molar-refractivity contribution in [2.45, 2.75) is 78.2 Å². The topological polar surface area (TPSA) is 62.3 Å². The SMILES string of the molecule is CCC(=O)[C@H]1CC[C@H](CNC(=O)c2cnc3c(c2)CN(Cc2ccc(C(F)(F)F)cc2)[C@H]3C(C)C)CC1. The molecule has 1 saturated carbocycles. The van der Waals surface area contributed by atoms with Crippen LogP contribution in [0.1, 0.15) is 91.7 Å². The van der Waals surface area contributed by atoms with Crippen molar-refractivity contribution < 1.29 is 22.8 Å². The summed E-state index contributed by atoms with van der Waals surface area (Å²) in [5.74, 6) is 1.01. The number of nitrogens with one attached hydrogen (secondary N) is 1. The van der Waals surface area contributed by atoms with Crippen LogP contribution in [0.3, 0.4) is 0 Å². The molecule has 1 aliphatic heterocycles. The van der Waals surface area contributed by atoms with E-state index < -0.39 is 11.7 Å².